The van der Waals surface area contributed by atoms with Crippen LogP contribution < -0.4 is 20.7 Å². The molecule has 144 valence electrons. The molecule has 0 fully saturated rings. The second kappa shape index (κ2) is 8.67. The number of nitrogens with one attached hydrogen (secondary N) is 3. The summed E-state index contributed by atoms with van der Waals surface area (Å²) in [5.41, 5.74) is 1.03. The van der Waals surface area contributed by atoms with Gasteiger partial charge in [0.2, 0.25) is 5.95 Å². The number of carbonyl (C=O) groups is 1. The first-order valence-electron chi connectivity index (χ1n) is 8.45. The largest absolute Gasteiger partial charge is 0.508 e. The predicted octanol–water partition coefficient (Wildman–Crippen LogP) is 3.92. The molecular weight excluding hydrogens is 365 g/mol. The van der Waals surface area contributed by atoms with Gasteiger partial charge in [0, 0.05) is 30.1 Å². The number of halogens is 1. The third kappa shape index (κ3) is 5.07. The molecule has 3 aromatic rings. The molecule has 0 unspecified atom stereocenters. The molecule has 0 bridgehead atoms. The van der Waals surface area contributed by atoms with E-state index in [1.54, 1.807) is 43.3 Å². The van der Waals surface area contributed by atoms with Crippen LogP contribution in [0.2, 0.25) is 0 Å². The Kier molecular flexibility index (Phi) is 5.85. The molecule has 2 aromatic carbocycles. The number of benzene rings is 2. The Labute approximate surface area is 160 Å². The van der Waals surface area contributed by atoms with Gasteiger partial charge in [0.15, 0.2) is 11.6 Å². The van der Waals surface area contributed by atoms with E-state index in [-0.39, 0.29) is 17.5 Å². The summed E-state index contributed by atoms with van der Waals surface area (Å²) in [4.78, 5) is 19.5. The SMILES string of the molecule is CCNC(=O)Oc1cccc(Nc2ncc(F)c(Nc3cccc(O)c3)n2)c1. The Balaban J connectivity index is 1.75. The van der Waals surface area contributed by atoms with Gasteiger partial charge in [-0.15, -0.1) is 0 Å². The van der Waals surface area contributed by atoms with Crippen LogP contribution in [0.5, 0.6) is 11.5 Å². The van der Waals surface area contributed by atoms with Gasteiger partial charge < -0.3 is 25.8 Å². The Hall–Kier alpha value is -3.88. The third-order valence-corrected chi connectivity index (χ3v) is 3.47. The second-order valence-corrected chi connectivity index (χ2v) is 5.64. The van der Waals surface area contributed by atoms with Crippen molar-refractivity contribution in [3.8, 4) is 11.5 Å². The number of phenols is 1. The average Bonchev–Trinajstić information content (AvgIpc) is 2.65. The zero-order valence-electron chi connectivity index (χ0n) is 14.9. The van der Waals surface area contributed by atoms with Crippen molar-refractivity contribution < 1.29 is 19.0 Å². The van der Waals surface area contributed by atoms with Crippen molar-refractivity contribution >= 4 is 29.2 Å². The van der Waals surface area contributed by atoms with E-state index < -0.39 is 11.9 Å². The highest BCUT2D eigenvalue weighted by molar-refractivity contribution is 5.71. The van der Waals surface area contributed by atoms with Gasteiger partial charge in [-0.25, -0.2) is 14.2 Å². The van der Waals surface area contributed by atoms with Crippen LogP contribution >= 0.6 is 0 Å². The van der Waals surface area contributed by atoms with Crippen LogP contribution in [0.25, 0.3) is 0 Å². The molecule has 28 heavy (non-hydrogen) atoms. The molecule has 0 saturated carbocycles. The maximum Gasteiger partial charge on any atom is 0.412 e. The van der Waals surface area contributed by atoms with Gasteiger partial charge in [0.25, 0.3) is 0 Å². The molecule has 0 spiro atoms. The van der Waals surface area contributed by atoms with Crippen molar-refractivity contribution in [3.05, 3.63) is 60.5 Å². The predicted molar refractivity (Wildman–Crippen MR) is 103 cm³/mol. The summed E-state index contributed by atoms with van der Waals surface area (Å²) in [6.45, 7) is 2.24. The number of aromatic nitrogens is 2. The molecular formula is C19H18FN5O3. The van der Waals surface area contributed by atoms with Gasteiger partial charge in [-0.2, -0.15) is 4.98 Å². The number of nitrogens with zero attached hydrogens (tertiary/aromatic N) is 2. The number of anilines is 4. The molecule has 4 N–H and O–H groups in total. The first-order valence-corrected chi connectivity index (χ1v) is 8.45. The quantitative estimate of drug-likeness (QED) is 0.511. The highest BCUT2D eigenvalue weighted by Gasteiger charge is 2.09. The fourth-order valence-electron chi connectivity index (χ4n) is 2.29. The monoisotopic (exact) mass is 383 g/mol. The smallest absolute Gasteiger partial charge is 0.412 e. The van der Waals surface area contributed by atoms with E-state index in [0.29, 0.717) is 23.7 Å². The fourth-order valence-corrected chi connectivity index (χ4v) is 2.29. The number of aromatic hydroxyl groups is 1. The van der Waals surface area contributed by atoms with E-state index in [0.717, 1.165) is 6.20 Å². The molecule has 0 aliphatic rings. The van der Waals surface area contributed by atoms with E-state index in [4.69, 9.17) is 4.74 Å². The second-order valence-electron chi connectivity index (χ2n) is 5.64. The normalized spacial score (nSPS) is 10.2. The number of amides is 1. The Bertz CT molecular complexity index is 983. The summed E-state index contributed by atoms with van der Waals surface area (Å²) in [6.07, 6.45) is 0.463. The molecule has 1 aromatic heterocycles. The summed E-state index contributed by atoms with van der Waals surface area (Å²) in [5.74, 6) is -0.197. The summed E-state index contributed by atoms with van der Waals surface area (Å²) in [7, 11) is 0. The number of phenolic OH excluding ortho intramolecular Hbond substituents is 1. The van der Waals surface area contributed by atoms with Gasteiger partial charge in [0.05, 0.1) is 6.20 Å². The Morgan fingerprint density at radius 3 is 2.64 bits per heavy atom. The maximum atomic E-state index is 14.0. The number of ether oxygens (including phenoxy) is 1. The van der Waals surface area contributed by atoms with Crippen molar-refractivity contribution in [1.82, 2.24) is 15.3 Å². The number of hydrogen-bond donors (Lipinski definition) is 4. The van der Waals surface area contributed by atoms with Gasteiger partial charge in [-0.1, -0.05) is 12.1 Å². The standard InChI is InChI=1S/C19H18FN5O3/c1-2-21-19(27)28-15-8-4-6-13(10-15)24-18-22-11-16(20)17(25-18)23-12-5-3-7-14(26)9-12/h3-11,26H,2H2,1H3,(H,21,27)(H2,22,23,24,25). The number of carbonyl (C=O) groups excluding carboxylic acids is 1. The van der Waals surface area contributed by atoms with E-state index in [1.165, 1.54) is 12.1 Å². The molecule has 3 rings (SSSR count). The molecule has 1 amide bonds. The van der Waals surface area contributed by atoms with Gasteiger partial charge in [-0.05, 0) is 31.2 Å². The molecule has 0 atom stereocenters. The van der Waals surface area contributed by atoms with Gasteiger partial charge in [-0.3, -0.25) is 0 Å². The first-order chi connectivity index (χ1) is 13.5. The molecule has 9 heteroatoms. The van der Waals surface area contributed by atoms with Crippen molar-refractivity contribution in [3.63, 3.8) is 0 Å². The first kappa shape index (κ1) is 18.9. The summed E-state index contributed by atoms with van der Waals surface area (Å²) < 4.78 is 19.2. The minimum absolute atomic E-state index is 0.0433. The van der Waals surface area contributed by atoms with Gasteiger partial charge >= 0.3 is 6.09 Å². The summed E-state index contributed by atoms with van der Waals surface area (Å²) in [6, 6.07) is 12.9. The minimum Gasteiger partial charge on any atom is -0.508 e. The van der Waals surface area contributed by atoms with Crippen molar-refractivity contribution in [2.24, 2.45) is 0 Å². The molecule has 8 nitrogen and oxygen atoms in total. The zero-order chi connectivity index (χ0) is 19.9. The molecule has 0 aliphatic carbocycles. The van der Waals surface area contributed by atoms with E-state index in [2.05, 4.69) is 25.9 Å². The van der Waals surface area contributed by atoms with Gasteiger partial charge in [0.1, 0.15) is 11.5 Å². The zero-order valence-corrected chi connectivity index (χ0v) is 14.9. The summed E-state index contributed by atoms with van der Waals surface area (Å²) in [5, 5.41) is 17.8. The fraction of sp³-hybridized carbons (Fsp3) is 0.105. The average molecular weight is 383 g/mol. The molecule has 0 radical (unpaired) electrons. The molecule has 1 heterocycles. The summed E-state index contributed by atoms with van der Waals surface area (Å²) >= 11 is 0. The Morgan fingerprint density at radius 1 is 1.14 bits per heavy atom. The van der Waals surface area contributed by atoms with E-state index >= 15 is 0 Å². The maximum absolute atomic E-state index is 14.0. The molecule has 0 aliphatic heterocycles. The van der Waals surface area contributed by atoms with E-state index in [1.807, 2.05) is 0 Å². The van der Waals surface area contributed by atoms with E-state index in [9.17, 15) is 14.3 Å². The third-order valence-electron chi connectivity index (χ3n) is 3.47. The van der Waals surface area contributed by atoms with Crippen LogP contribution in [-0.4, -0.2) is 27.7 Å². The number of hydrogen-bond acceptors (Lipinski definition) is 7. The van der Waals surface area contributed by atoms with Crippen LogP contribution in [0.4, 0.5) is 32.3 Å². The Morgan fingerprint density at radius 2 is 1.89 bits per heavy atom. The highest BCUT2D eigenvalue weighted by atomic mass is 19.1. The lowest BCUT2D eigenvalue weighted by Gasteiger charge is -2.10. The van der Waals surface area contributed by atoms with Crippen molar-refractivity contribution in [1.29, 1.82) is 0 Å². The van der Waals surface area contributed by atoms with Crippen molar-refractivity contribution in [2.45, 2.75) is 6.92 Å². The van der Waals surface area contributed by atoms with Crippen LogP contribution in [0.15, 0.2) is 54.7 Å². The lowest BCUT2D eigenvalue weighted by molar-refractivity contribution is 0.201. The van der Waals surface area contributed by atoms with Crippen LogP contribution in [0, 0.1) is 5.82 Å². The van der Waals surface area contributed by atoms with Crippen LogP contribution in [0.1, 0.15) is 6.92 Å². The molecule has 0 saturated heterocycles. The lowest BCUT2D eigenvalue weighted by atomic mass is 10.3. The van der Waals surface area contributed by atoms with Crippen LogP contribution in [-0.2, 0) is 0 Å². The van der Waals surface area contributed by atoms with Crippen molar-refractivity contribution in [2.75, 3.05) is 17.2 Å². The number of rotatable bonds is 6. The minimum atomic E-state index is -0.651. The topological polar surface area (TPSA) is 108 Å². The lowest BCUT2D eigenvalue weighted by Crippen LogP contribution is -2.26. The van der Waals surface area contributed by atoms with Crippen LogP contribution in [0.3, 0.4) is 0 Å². The highest BCUT2D eigenvalue weighted by Crippen LogP contribution is 2.24.